The summed E-state index contributed by atoms with van der Waals surface area (Å²) in [5, 5.41) is 11.9. The van der Waals surface area contributed by atoms with Crippen LogP contribution in [0, 0.1) is 0 Å². The van der Waals surface area contributed by atoms with Crippen molar-refractivity contribution in [3.8, 4) is 0 Å². The maximum Gasteiger partial charge on any atom is 0.253 e. The van der Waals surface area contributed by atoms with Gasteiger partial charge in [0.2, 0.25) is 0 Å². The molecule has 2 rings (SSSR count). The highest BCUT2D eigenvalue weighted by Crippen LogP contribution is 2.09. The SMILES string of the molecule is CN(C)c1ccc(C(=O)NCc2cccc(CO)c2)cn1. The number of pyridine rings is 1. The van der Waals surface area contributed by atoms with Gasteiger partial charge < -0.3 is 15.3 Å². The summed E-state index contributed by atoms with van der Waals surface area (Å²) in [7, 11) is 3.80. The number of aliphatic hydroxyl groups is 1. The van der Waals surface area contributed by atoms with Crippen molar-refractivity contribution in [2.24, 2.45) is 0 Å². The van der Waals surface area contributed by atoms with Crippen LogP contribution in [0.1, 0.15) is 21.5 Å². The smallest absolute Gasteiger partial charge is 0.253 e. The monoisotopic (exact) mass is 285 g/mol. The average Bonchev–Trinajstić information content (AvgIpc) is 2.53. The minimum Gasteiger partial charge on any atom is -0.392 e. The number of aliphatic hydroxyl groups excluding tert-OH is 1. The van der Waals surface area contributed by atoms with Gasteiger partial charge in [-0.15, -0.1) is 0 Å². The van der Waals surface area contributed by atoms with Crippen LogP contribution in [0.2, 0.25) is 0 Å². The lowest BCUT2D eigenvalue weighted by Crippen LogP contribution is -2.23. The number of aromatic nitrogens is 1. The molecule has 2 aromatic rings. The molecule has 110 valence electrons. The van der Waals surface area contributed by atoms with Crippen molar-refractivity contribution in [3.05, 3.63) is 59.3 Å². The maximum absolute atomic E-state index is 12.0. The van der Waals surface area contributed by atoms with Crippen LogP contribution in [0.3, 0.4) is 0 Å². The highest BCUT2D eigenvalue weighted by Gasteiger charge is 2.06. The maximum atomic E-state index is 12.0. The van der Waals surface area contributed by atoms with E-state index >= 15 is 0 Å². The van der Waals surface area contributed by atoms with Crippen LogP contribution in [0.15, 0.2) is 42.6 Å². The van der Waals surface area contributed by atoms with E-state index < -0.39 is 0 Å². The molecule has 5 nitrogen and oxygen atoms in total. The fourth-order valence-electron chi connectivity index (χ4n) is 1.91. The van der Waals surface area contributed by atoms with Crippen LogP contribution in [0.25, 0.3) is 0 Å². The van der Waals surface area contributed by atoms with Crippen LogP contribution in [-0.4, -0.2) is 30.1 Å². The Morgan fingerprint density at radius 2 is 2.00 bits per heavy atom. The Bertz CT molecular complexity index is 609. The molecule has 0 bridgehead atoms. The molecule has 21 heavy (non-hydrogen) atoms. The van der Waals surface area contributed by atoms with Gasteiger partial charge in [0, 0.05) is 26.8 Å². The van der Waals surface area contributed by atoms with Gasteiger partial charge in [-0.25, -0.2) is 4.98 Å². The molecule has 1 aromatic heterocycles. The summed E-state index contributed by atoms with van der Waals surface area (Å²) in [5.41, 5.74) is 2.31. The van der Waals surface area contributed by atoms with Crippen molar-refractivity contribution in [1.82, 2.24) is 10.3 Å². The largest absolute Gasteiger partial charge is 0.392 e. The Morgan fingerprint density at radius 3 is 2.62 bits per heavy atom. The lowest BCUT2D eigenvalue weighted by atomic mass is 10.1. The molecule has 0 fully saturated rings. The normalized spacial score (nSPS) is 10.2. The molecule has 1 heterocycles. The van der Waals surface area contributed by atoms with Crippen molar-refractivity contribution < 1.29 is 9.90 Å². The number of carbonyl (C=O) groups is 1. The van der Waals surface area contributed by atoms with Crippen molar-refractivity contribution in [2.45, 2.75) is 13.2 Å². The van der Waals surface area contributed by atoms with Crippen LogP contribution >= 0.6 is 0 Å². The molecule has 0 saturated heterocycles. The number of nitrogens with one attached hydrogen (secondary N) is 1. The van der Waals surface area contributed by atoms with Gasteiger partial charge >= 0.3 is 0 Å². The predicted octanol–water partition coefficient (Wildman–Crippen LogP) is 1.57. The second-order valence-corrected chi connectivity index (χ2v) is 4.96. The van der Waals surface area contributed by atoms with E-state index in [2.05, 4.69) is 10.3 Å². The fraction of sp³-hybridized carbons (Fsp3) is 0.250. The third-order valence-corrected chi connectivity index (χ3v) is 3.10. The van der Waals surface area contributed by atoms with Crippen molar-refractivity contribution in [3.63, 3.8) is 0 Å². The predicted molar refractivity (Wildman–Crippen MR) is 82.1 cm³/mol. The van der Waals surface area contributed by atoms with E-state index in [1.807, 2.05) is 43.3 Å². The summed E-state index contributed by atoms with van der Waals surface area (Å²) >= 11 is 0. The summed E-state index contributed by atoms with van der Waals surface area (Å²) in [6, 6.07) is 11.0. The standard InChI is InChI=1S/C16H19N3O2/c1-19(2)15-7-6-14(10-17-15)16(21)18-9-12-4-3-5-13(8-12)11-20/h3-8,10,20H,9,11H2,1-2H3,(H,18,21). The van der Waals surface area contributed by atoms with Crippen molar-refractivity contribution in [1.29, 1.82) is 0 Å². The van der Waals surface area contributed by atoms with E-state index in [9.17, 15) is 4.79 Å². The zero-order valence-electron chi connectivity index (χ0n) is 12.2. The third kappa shape index (κ3) is 4.03. The Labute approximate surface area is 124 Å². The van der Waals surface area contributed by atoms with E-state index in [4.69, 9.17) is 5.11 Å². The highest BCUT2D eigenvalue weighted by atomic mass is 16.3. The Kier molecular flexibility index (Phi) is 4.90. The van der Waals surface area contributed by atoms with Gasteiger partial charge in [-0.05, 0) is 23.3 Å². The van der Waals surface area contributed by atoms with E-state index in [1.54, 1.807) is 18.3 Å². The minimum absolute atomic E-state index is 0.00228. The zero-order valence-corrected chi connectivity index (χ0v) is 12.2. The number of rotatable bonds is 5. The molecular formula is C16H19N3O2. The summed E-state index contributed by atoms with van der Waals surface area (Å²) < 4.78 is 0. The first-order valence-electron chi connectivity index (χ1n) is 6.70. The molecular weight excluding hydrogens is 266 g/mol. The van der Waals surface area contributed by atoms with Gasteiger partial charge in [0.1, 0.15) is 5.82 Å². The van der Waals surface area contributed by atoms with E-state index in [0.717, 1.165) is 16.9 Å². The lowest BCUT2D eigenvalue weighted by molar-refractivity contribution is 0.0950. The molecule has 0 saturated carbocycles. The van der Waals surface area contributed by atoms with Crippen LogP contribution in [-0.2, 0) is 13.2 Å². The molecule has 0 spiro atoms. The second-order valence-electron chi connectivity index (χ2n) is 4.96. The summed E-state index contributed by atoms with van der Waals surface area (Å²) in [5.74, 6) is 0.643. The number of benzene rings is 1. The average molecular weight is 285 g/mol. The quantitative estimate of drug-likeness (QED) is 0.875. The molecule has 0 aliphatic heterocycles. The highest BCUT2D eigenvalue weighted by molar-refractivity contribution is 5.94. The fourth-order valence-corrected chi connectivity index (χ4v) is 1.91. The lowest BCUT2D eigenvalue weighted by Gasteiger charge is -2.11. The van der Waals surface area contributed by atoms with Crippen molar-refractivity contribution in [2.75, 3.05) is 19.0 Å². The summed E-state index contributed by atoms with van der Waals surface area (Å²) in [6.45, 7) is 0.416. The van der Waals surface area contributed by atoms with Gasteiger partial charge in [0.25, 0.3) is 5.91 Å². The molecule has 2 N–H and O–H groups in total. The number of hydrogen-bond acceptors (Lipinski definition) is 4. The van der Waals surface area contributed by atoms with Gasteiger partial charge in [-0.1, -0.05) is 24.3 Å². The Balaban J connectivity index is 1.97. The first-order valence-corrected chi connectivity index (χ1v) is 6.70. The molecule has 5 heteroatoms. The van der Waals surface area contributed by atoms with E-state index in [-0.39, 0.29) is 12.5 Å². The number of carbonyl (C=O) groups excluding carboxylic acids is 1. The summed E-state index contributed by atoms with van der Waals surface area (Å²) in [4.78, 5) is 18.1. The zero-order chi connectivity index (χ0) is 15.2. The van der Waals surface area contributed by atoms with Crippen LogP contribution in [0.5, 0.6) is 0 Å². The molecule has 1 amide bonds. The number of anilines is 1. The summed E-state index contributed by atoms with van der Waals surface area (Å²) in [6.07, 6.45) is 1.56. The number of amides is 1. The Morgan fingerprint density at radius 1 is 1.24 bits per heavy atom. The minimum atomic E-state index is -0.165. The van der Waals surface area contributed by atoms with E-state index in [1.165, 1.54) is 0 Å². The van der Waals surface area contributed by atoms with Gasteiger partial charge in [-0.3, -0.25) is 4.79 Å². The molecule has 0 aliphatic rings. The third-order valence-electron chi connectivity index (χ3n) is 3.10. The first kappa shape index (κ1) is 15.0. The van der Waals surface area contributed by atoms with E-state index in [0.29, 0.717) is 12.1 Å². The second kappa shape index (κ2) is 6.85. The van der Waals surface area contributed by atoms with Gasteiger partial charge in [-0.2, -0.15) is 0 Å². The molecule has 0 unspecified atom stereocenters. The molecule has 0 aliphatic carbocycles. The number of hydrogen-bond donors (Lipinski definition) is 2. The van der Waals surface area contributed by atoms with Crippen LogP contribution < -0.4 is 10.2 Å². The van der Waals surface area contributed by atoms with Crippen LogP contribution in [0.4, 0.5) is 5.82 Å². The molecule has 0 atom stereocenters. The molecule has 1 aromatic carbocycles. The Hall–Kier alpha value is -2.40. The first-order chi connectivity index (χ1) is 10.1. The number of nitrogens with zero attached hydrogens (tertiary/aromatic N) is 2. The van der Waals surface area contributed by atoms with Gasteiger partial charge in [0.05, 0.1) is 12.2 Å². The molecule has 0 radical (unpaired) electrons. The topological polar surface area (TPSA) is 65.5 Å². The van der Waals surface area contributed by atoms with Crippen molar-refractivity contribution >= 4 is 11.7 Å². The van der Waals surface area contributed by atoms with Gasteiger partial charge in [0.15, 0.2) is 0 Å².